The Balaban J connectivity index is 1.53. The molecule has 42 heavy (non-hydrogen) atoms. The number of anilines is 1. The SMILES string of the molecule is CCC(CC)COC(=O)C(C)NP(=O)(OC[C@H]1O[C@@](C#N)(c2ccc3c(N)ncnn23)[C@H](O)[C@@H]1O)Oc1ccccc1. The van der Waals surface area contributed by atoms with Crippen molar-refractivity contribution in [2.75, 3.05) is 18.9 Å². The van der Waals surface area contributed by atoms with Crippen molar-refractivity contribution < 1.29 is 38.1 Å². The van der Waals surface area contributed by atoms with Crippen LogP contribution in [-0.4, -0.2) is 68.3 Å². The van der Waals surface area contributed by atoms with E-state index in [1.54, 1.807) is 36.4 Å². The Kier molecular flexibility index (Phi) is 9.83. The number of nitriles is 1. The van der Waals surface area contributed by atoms with E-state index < -0.39 is 50.3 Å². The number of nitrogens with one attached hydrogen (secondary N) is 1. The molecule has 1 aliphatic heterocycles. The van der Waals surface area contributed by atoms with Crippen LogP contribution in [0.1, 0.15) is 39.3 Å². The molecule has 5 N–H and O–H groups in total. The number of para-hydroxylation sites is 1. The molecule has 0 amide bonds. The lowest BCUT2D eigenvalue weighted by Crippen LogP contribution is -2.41. The van der Waals surface area contributed by atoms with Crippen molar-refractivity contribution in [2.45, 2.75) is 63.6 Å². The molecule has 0 aliphatic carbocycles. The molecule has 0 radical (unpaired) electrons. The van der Waals surface area contributed by atoms with Gasteiger partial charge in [0.05, 0.1) is 18.9 Å². The zero-order valence-electron chi connectivity index (χ0n) is 23.5. The highest BCUT2D eigenvalue weighted by Gasteiger charge is 2.58. The van der Waals surface area contributed by atoms with Crippen LogP contribution in [0.15, 0.2) is 48.8 Å². The highest BCUT2D eigenvalue weighted by molar-refractivity contribution is 7.52. The number of ether oxygens (including phenoxy) is 2. The minimum absolute atomic E-state index is 0.0961. The van der Waals surface area contributed by atoms with E-state index in [1.807, 2.05) is 19.9 Å². The first kappa shape index (κ1) is 31.4. The second-order valence-electron chi connectivity index (χ2n) is 9.96. The Labute approximate surface area is 242 Å². The average Bonchev–Trinajstić information content (AvgIpc) is 3.53. The predicted octanol–water partition coefficient (Wildman–Crippen LogP) is 2.31. The lowest BCUT2D eigenvalue weighted by atomic mass is 9.92. The van der Waals surface area contributed by atoms with Gasteiger partial charge in [-0.25, -0.2) is 14.1 Å². The van der Waals surface area contributed by atoms with Crippen LogP contribution in [0.5, 0.6) is 5.75 Å². The van der Waals surface area contributed by atoms with Gasteiger partial charge < -0.3 is 29.9 Å². The summed E-state index contributed by atoms with van der Waals surface area (Å²) in [6.45, 7) is 5.08. The number of fused-ring (bicyclic) bond motifs is 1. The molecule has 3 aromatic rings. The quantitative estimate of drug-likeness (QED) is 0.164. The summed E-state index contributed by atoms with van der Waals surface area (Å²) in [5, 5.41) is 38.7. The molecule has 1 fully saturated rings. The molecule has 1 aromatic carbocycles. The fourth-order valence-corrected chi connectivity index (χ4v) is 6.07. The normalized spacial score (nSPS) is 24.3. The molecule has 14 nitrogen and oxygen atoms in total. The van der Waals surface area contributed by atoms with Gasteiger partial charge >= 0.3 is 13.7 Å². The predicted molar refractivity (Wildman–Crippen MR) is 150 cm³/mol. The summed E-state index contributed by atoms with van der Waals surface area (Å²) >= 11 is 0. The topological polar surface area (TPSA) is 204 Å². The number of rotatable bonds is 13. The number of carbonyl (C=O) groups is 1. The molecule has 226 valence electrons. The third-order valence-electron chi connectivity index (χ3n) is 7.19. The Morgan fingerprint density at radius 3 is 2.64 bits per heavy atom. The summed E-state index contributed by atoms with van der Waals surface area (Å²) in [5.74, 6) is -0.143. The van der Waals surface area contributed by atoms with Gasteiger partial charge in [-0.1, -0.05) is 44.9 Å². The van der Waals surface area contributed by atoms with Crippen molar-refractivity contribution in [3.05, 3.63) is 54.5 Å². The molecular formula is C27H35N6O8P. The molecule has 2 unspecified atom stereocenters. The van der Waals surface area contributed by atoms with Crippen LogP contribution in [0.2, 0.25) is 0 Å². The Morgan fingerprint density at radius 2 is 1.98 bits per heavy atom. The standard InChI is InChI=1S/C27H35N6O8P/c1-4-18(5-2)13-38-26(36)17(3)32-42(37,41-19-9-7-6-8-10-19)39-14-21-23(34)24(35)27(15-28,40-21)22-12-11-20-25(29)30-16-31-33(20)22/h6-12,16-18,21,23-24,34-35H,4-5,13-14H2,1-3H3,(H,32,37)(H2,29,30,31)/t17?,21-,23-,24-,27+,42?/m1/s1. The molecule has 0 spiro atoms. The van der Waals surface area contributed by atoms with Gasteiger partial charge in [-0.05, 0) is 37.1 Å². The van der Waals surface area contributed by atoms with E-state index in [4.69, 9.17) is 24.3 Å². The van der Waals surface area contributed by atoms with Crippen molar-refractivity contribution >= 4 is 25.1 Å². The lowest BCUT2D eigenvalue weighted by molar-refractivity contribution is -0.146. The molecule has 15 heteroatoms. The van der Waals surface area contributed by atoms with Crippen molar-refractivity contribution in [3.63, 3.8) is 0 Å². The molecule has 0 bridgehead atoms. The molecule has 1 aliphatic rings. The summed E-state index contributed by atoms with van der Waals surface area (Å²) in [4.78, 5) is 16.6. The summed E-state index contributed by atoms with van der Waals surface area (Å²) in [7, 11) is -4.32. The molecule has 0 saturated carbocycles. The number of benzene rings is 1. The Morgan fingerprint density at radius 1 is 1.26 bits per heavy atom. The highest BCUT2D eigenvalue weighted by Crippen LogP contribution is 2.47. The van der Waals surface area contributed by atoms with Gasteiger partial charge in [0.2, 0.25) is 5.60 Å². The van der Waals surface area contributed by atoms with Crippen LogP contribution >= 0.6 is 7.75 Å². The lowest BCUT2D eigenvalue weighted by Gasteiger charge is -2.25. The van der Waals surface area contributed by atoms with Gasteiger partial charge in [-0.3, -0.25) is 9.32 Å². The van der Waals surface area contributed by atoms with Crippen molar-refractivity contribution in [1.82, 2.24) is 19.7 Å². The summed E-state index contributed by atoms with van der Waals surface area (Å²) in [6.07, 6.45) is -1.87. The van der Waals surface area contributed by atoms with Crippen LogP contribution in [-0.2, 0) is 29.0 Å². The molecule has 4 rings (SSSR count). The molecular weight excluding hydrogens is 567 g/mol. The van der Waals surface area contributed by atoms with E-state index in [0.29, 0.717) is 5.52 Å². The van der Waals surface area contributed by atoms with E-state index >= 15 is 0 Å². The highest BCUT2D eigenvalue weighted by atomic mass is 31.2. The number of carbonyl (C=O) groups excluding carboxylic acids is 1. The van der Waals surface area contributed by atoms with Crippen LogP contribution in [0, 0.1) is 17.2 Å². The number of aromatic nitrogens is 3. The number of hydrogen-bond acceptors (Lipinski definition) is 12. The van der Waals surface area contributed by atoms with E-state index in [-0.39, 0.29) is 29.8 Å². The number of hydrogen-bond donors (Lipinski definition) is 4. The van der Waals surface area contributed by atoms with E-state index in [9.17, 15) is 24.8 Å². The summed E-state index contributed by atoms with van der Waals surface area (Å²) in [5.41, 5.74) is 4.28. The van der Waals surface area contributed by atoms with Gasteiger partial charge in [0.1, 0.15) is 48.0 Å². The minimum Gasteiger partial charge on any atom is -0.464 e. The maximum atomic E-state index is 13.9. The first-order valence-corrected chi connectivity index (χ1v) is 15.1. The third kappa shape index (κ3) is 6.42. The van der Waals surface area contributed by atoms with E-state index in [1.165, 1.54) is 23.8 Å². The second kappa shape index (κ2) is 13.2. The number of nitrogen functional groups attached to an aromatic ring is 1. The largest absolute Gasteiger partial charge is 0.464 e. The smallest absolute Gasteiger partial charge is 0.459 e. The van der Waals surface area contributed by atoms with Crippen molar-refractivity contribution in [1.29, 1.82) is 5.26 Å². The maximum Gasteiger partial charge on any atom is 0.459 e. The number of aliphatic hydroxyl groups excluding tert-OH is 2. The fraction of sp³-hybridized carbons (Fsp3) is 0.481. The first-order valence-electron chi connectivity index (χ1n) is 13.5. The zero-order chi connectivity index (χ0) is 30.5. The van der Waals surface area contributed by atoms with Gasteiger partial charge in [-0.15, -0.1) is 0 Å². The van der Waals surface area contributed by atoms with Crippen LogP contribution in [0.3, 0.4) is 0 Å². The van der Waals surface area contributed by atoms with Gasteiger partial charge in [-0.2, -0.15) is 15.4 Å². The second-order valence-corrected chi connectivity index (χ2v) is 11.7. The van der Waals surface area contributed by atoms with Crippen LogP contribution in [0.4, 0.5) is 5.82 Å². The summed E-state index contributed by atoms with van der Waals surface area (Å²) in [6, 6.07) is 12.0. The maximum absolute atomic E-state index is 13.9. The number of esters is 1. The van der Waals surface area contributed by atoms with Gasteiger partial charge in [0, 0.05) is 0 Å². The monoisotopic (exact) mass is 602 g/mol. The molecule has 3 heterocycles. The molecule has 1 saturated heterocycles. The Bertz CT molecular complexity index is 1460. The minimum atomic E-state index is -4.32. The molecule has 6 atom stereocenters. The third-order valence-corrected chi connectivity index (χ3v) is 8.83. The van der Waals surface area contributed by atoms with E-state index in [0.717, 1.165) is 12.8 Å². The number of nitrogens with zero attached hydrogens (tertiary/aromatic N) is 4. The van der Waals surface area contributed by atoms with Gasteiger partial charge in [0.15, 0.2) is 5.82 Å². The fourth-order valence-electron chi connectivity index (χ4n) is 4.57. The average molecular weight is 603 g/mol. The van der Waals surface area contributed by atoms with Crippen LogP contribution in [0.25, 0.3) is 5.52 Å². The molecule has 2 aromatic heterocycles. The number of aliphatic hydroxyl groups is 2. The first-order chi connectivity index (χ1) is 20.1. The van der Waals surface area contributed by atoms with Gasteiger partial charge in [0.25, 0.3) is 0 Å². The zero-order valence-corrected chi connectivity index (χ0v) is 24.4. The number of nitrogens with two attached hydrogens (primary N) is 1. The Hall–Kier alpha value is -3.57. The van der Waals surface area contributed by atoms with Crippen LogP contribution < -0.4 is 15.3 Å². The van der Waals surface area contributed by atoms with E-state index in [2.05, 4.69) is 15.2 Å². The van der Waals surface area contributed by atoms with Crippen molar-refractivity contribution in [2.24, 2.45) is 5.92 Å². The summed E-state index contributed by atoms with van der Waals surface area (Å²) < 4.78 is 37.8. The van der Waals surface area contributed by atoms with Crippen molar-refractivity contribution in [3.8, 4) is 11.8 Å².